The lowest BCUT2D eigenvalue weighted by atomic mass is 10.1. The fraction of sp³-hybridized carbons (Fsp3) is 0.111. The summed E-state index contributed by atoms with van der Waals surface area (Å²) in [5.74, 6) is 0. The van der Waals surface area contributed by atoms with Gasteiger partial charge in [0.25, 0.3) is 0 Å². The van der Waals surface area contributed by atoms with E-state index < -0.39 is 33.8 Å². The zero-order valence-electron chi connectivity index (χ0n) is 18.5. The Kier molecular flexibility index (Phi) is 7.16. The highest BCUT2D eigenvalue weighted by Crippen LogP contribution is 2.70. The Balaban J connectivity index is 2.00. The van der Waals surface area contributed by atoms with Crippen molar-refractivity contribution in [1.29, 1.82) is 0 Å². The highest BCUT2D eigenvalue weighted by Gasteiger charge is 2.38. The molecule has 4 aromatic carbocycles. The summed E-state index contributed by atoms with van der Waals surface area (Å²) >= 11 is 0. The Morgan fingerprint density at radius 1 is 0.676 bits per heavy atom. The predicted molar refractivity (Wildman–Crippen MR) is 131 cm³/mol. The minimum atomic E-state index is -4.47. The predicted octanol–water partition coefficient (Wildman–Crippen LogP) is 7.54. The van der Waals surface area contributed by atoms with E-state index in [1.807, 2.05) is 91.9 Å². The van der Waals surface area contributed by atoms with E-state index in [-0.39, 0.29) is 16.0 Å². The summed E-state index contributed by atoms with van der Waals surface area (Å²) in [5, 5.41) is 0. The van der Waals surface area contributed by atoms with Crippen LogP contribution in [0.15, 0.2) is 123 Å². The van der Waals surface area contributed by atoms with Crippen LogP contribution in [0.3, 0.4) is 0 Å². The zero-order chi connectivity index (χ0) is 24.2. The van der Waals surface area contributed by atoms with Gasteiger partial charge in [0.1, 0.15) is 18.2 Å². The Morgan fingerprint density at radius 2 is 1.21 bits per heavy atom. The number of aryl methyl sites for hydroxylation is 1. The van der Waals surface area contributed by atoms with E-state index >= 15 is 0 Å². The van der Waals surface area contributed by atoms with Gasteiger partial charge in [0.05, 0.1) is 0 Å². The molecule has 0 spiro atoms. The smallest absolute Gasteiger partial charge is 0.246 e. The molecule has 0 N–H and O–H groups in total. The van der Waals surface area contributed by atoms with Crippen LogP contribution in [-0.4, -0.2) is 8.42 Å². The summed E-state index contributed by atoms with van der Waals surface area (Å²) in [6, 6.07) is 29.6. The summed E-state index contributed by atoms with van der Waals surface area (Å²) < 4.78 is 60.7. The Labute approximate surface area is 200 Å². The monoisotopic (exact) mass is 498 g/mol. The van der Waals surface area contributed by atoms with Gasteiger partial charge in [-0.05, 0) is 71.3 Å². The van der Waals surface area contributed by atoms with Crippen LogP contribution in [-0.2, 0) is 27.1 Å². The van der Waals surface area contributed by atoms with Crippen molar-refractivity contribution in [3.8, 4) is 0 Å². The first-order chi connectivity index (χ1) is 16.4. The molecule has 4 rings (SSSR count). The normalized spacial score (nSPS) is 12.4. The molecular formula is C27H24F2O3S2. The molecule has 0 heterocycles. The van der Waals surface area contributed by atoms with E-state index in [1.54, 1.807) is 0 Å². The Bertz CT molecular complexity index is 1320. The topological polar surface area (TPSA) is 43.4 Å². The van der Waals surface area contributed by atoms with Crippen molar-refractivity contribution in [3.63, 3.8) is 0 Å². The highest BCUT2D eigenvalue weighted by atomic mass is 32.3. The van der Waals surface area contributed by atoms with Crippen LogP contribution >= 0.6 is 10.3 Å². The summed E-state index contributed by atoms with van der Waals surface area (Å²) in [6.07, 6.45) is 0. The molecule has 0 aliphatic carbocycles. The molecule has 0 amide bonds. The Morgan fingerprint density at radius 3 is 1.71 bits per heavy atom. The molecule has 176 valence electrons. The van der Waals surface area contributed by atoms with Gasteiger partial charge in [-0.2, -0.15) is 8.42 Å². The van der Waals surface area contributed by atoms with Gasteiger partial charge in [-0.1, -0.05) is 60.2 Å². The van der Waals surface area contributed by atoms with E-state index in [9.17, 15) is 17.2 Å². The molecule has 4 aromatic rings. The quantitative estimate of drug-likeness (QED) is 0.252. The van der Waals surface area contributed by atoms with Crippen LogP contribution in [0.1, 0.15) is 16.7 Å². The first kappa shape index (κ1) is 24.1. The fourth-order valence-electron chi connectivity index (χ4n) is 3.72. The van der Waals surface area contributed by atoms with Crippen molar-refractivity contribution < 1.29 is 20.8 Å². The molecule has 0 saturated carbocycles. The first-order valence-corrected chi connectivity index (χ1v) is 13.6. The number of hydrogen-bond acceptors (Lipinski definition) is 3. The average Bonchev–Trinajstić information content (AvgIpc) is 2.88. The van der Waals surface area contributed by atoms with Crippen LogP contribution in [0.25, 0.3) is 0 Å². The lowest BCUT2D eigenvalue weighted by molar-refractivity contribution is 0.464. The molecule has 0 aliphatic rings. The lowest BCUT2D eigenvalue weighted by Gasteiger charge is -2.39. The van der Waals surface area contributed by atoms with Gasteiger partial charge in [0.2, 0.25) is 0 Å². The molecule has 0 radical (unpaired) electrons. The van der Waals surface area contributed by atoms with E-state index in [2.05, 4.69) is 0 Å². The van der Waals surface area contributed by atoms with E-state index in [4.69, 9.17) is 3.63 Å². The van der Waals surface area contributed by atoms with E-state index in [1.165, 1.54) is 18.2 Å². The second kappa shape index (κ2) is 10.1. The van der Waals surface area contributed by atoms with Gasteiger partial charge < -0.3 is 0 Å². The lowest BCUT2D eigenvalue weighted by Crippen LogP contribution is -2.16. The third-order valence-corrected chi connectivity index (χ3v) is 10.7. The number of benzene rings is 4. The van der Waals surface area contributed by atoms with Crippen LogP contribution in [0.5, 0.6) is 0 Å². The first-order valence-electron chi connectivity index (χ1n) is 10.6. The van der Waals surface area contributed by atoms with Gasteiger partial charge in [0.15, 0.2) is 0 Å². The molecule has 0 atom stereocenters. The highest BCUT2D eigenvalue weighted by molar-refractivity contribution is 8.33. The maximum Gasteiger partial charge on any atom is 0.307 e. The van der Waals surface area contributed by atoms with Gasteiger partial charge >= 0.3 is 10.1 Å². The standard InChI is InChI=1S/C27H24F2O3S2/c1-21-12-15-26(16-13-21)33(24-8-4-2-5-9-24,25-10-6-3-7-11-25)32-34(30,31)27-17-14-22(19-28)18-23(27)20-29/h2-18H,19-20H2,1H3. The molecule has 0 bridgehead atoms. The second-order valence-electron chi connectivity index (χ2n) is 7.73. The molecule has 34 heavy (non-hydrogen) atoms. The van der Waals surface area contributed by atoms with Crippen molar-refractivity contribution in [1.82, 2.24) is 0 Å². The van der Waals surface area contributed by atoms with Gasteiger partial charge in [0, 0.05) is 20.2 Å². The molecular weight excluding hydrogens is 474 g/mol. The molecule has 0 saturated heterocycles. The van der Waals surface area contributed by atoms with Crippen LogP contribution in [0.2, 0.25) is 0 Å². The van der Waals surface area contributed by atoms with Gasteiger partial charge in [-0.3, -0.25) is 0 Å². The minimum absolute atomic E-state index is 0.131. The van der Waals surface area contributed by atoms with Crippen molar-refractivity contribution in [3.05, 3.63) is 120 Å². The largest absolute Gasteiger partial charge is 0.307 e. The van der Waals surface area contributed by atoms with Crippen molar-refractivity contribution in [2.24, 2.45) is 0 Å². The number of rotatable bonds is 8. The third kappa shape index (κ3) is 4.64. The molecule has 3 nitrogen and oxygen atoms in total. The molecule has 0 fully saturated rings. The summed E-state index contributed by atoms with van der Waals surface area (Å²) in [7, 11) is -7.25. The van der Waals surface area contributed by atoms with Crippen molar-refractivity contribution in [2.45, 2.75) is 39.9 Å². The summed E-state index contributed by atoms with van der Waals surface area (Å²) in [4.78, 5) is 1.73. The maximum atomic E-state index is 13.8. The molecule has 0 aliphatic heterocycles. The zero-order valence-corrected chi connectivity index (χ0v) is 20.2. The van der Waals surface area contributed by atoms with E-state index in [0.717, 1.165) is 5.56 Å². The van der Waals surface area contributed by atoms with Crippen molar-refractivity contribution in [2.75, 3.05) is 0 Å². The minimum Gasteiger partial charge on any atom is -0.246 e. The van der Waals surface area contributed by atoms with Gasteiger partial charge in [-0.15, -0.1) is 0 Å². The summed E-state index contributed by atoms with van der Waals surface area (Å²) in [5.41, 5.74) is 1.09. The van der Waals surface area contributed by atoms with Crippen molar-refractivity contribution >= 4 is 20.4 Å². The van der Waals surface area contributed by atoms with E-state index in [0.29, 0.717) is 14.7 Å². The molecule has 0 aromatic heterocycles. The SMILES string of the molecule is Cc1ccc(S(OS(=O)(=O)c2ccc(CF)cc2CF)(c2ccccc2)c2ccccc2)cc1. The second-order valence-corrected chi connectivity index (χ2v) is 12.1. The van der Waals surface area contributed by atoms with Crippen LogP contribution in [0, 0.1) is 6.92 Å². The van der Waals surface area contributed by atoms with Crippen LogP contribution in [0.4, 0.5) is 8.78 Å². The van der Waals surface area contributed by atoms with Crippen LogP contribution < -0.4 is 0 Å². The number of alkyl halides is 2. The summed E-state index contributed by atoms with van der Waals surface area (Å²) in [6.45, 7) is 0.0689. The number of halogens is 2. The average molecular weight is 499 g/mol. The Hall–Kier alpha value is -3.00. The third-order valence-electron chi connectivity index (χ3n) is 5.39. The fourth-order valence-corrected chi connectivity index (χ4v) is 9.11. The maximum absolute atomic E-state index is 13.8. The number of hydrogen-bond donors (Lipinski definition) is 0. The van der Waals surface area contributed by atoms with Gasteiger partial charge in [-0.25, -0.2) is 12.4 Å². The molecule has 7 heteroatoms. The molecule has 0 unspecified atom stereocenters.